The molecule has 0 spiro atoms. The van der Waals surface area contributed by atoms with E-state index >= 15 is 0 Å². The fourth-order valence-corrected chi connectivity index (χ4v) is 5.93. The molecule has 3 N–H and O–H groups in total. The predicted molar refractivity (Wildman–Crippen MR) is 145 cm³/mol. The standard InChI is InChI=1S/C23H29ClN8O3S2/c1-31(2)23(35)12-4-5-13(26-21(36)19(33)28-18-7-6-17(24)29-30-18)15(10-12)25-20(34)22-27-14-8-9-32(3)11-16(14)37-22/h6-7,12-13,15H,4-5,8-11H2,1-3H3,(H,25,34)(H,26,36)(H,28,30,33)/t12-,13-,15+/m0/s1. The molecule has 0 saturated heterocycles. The van der Waals surface area contributed by atoms with Gasteiger partial charge in [0.05, 0.1) is 11.7 Å². The van der Waals surface area contributed by atoms with Crippen LogP contribution in [0.3, 0.4) is 0 Å². The molecule has 3 heterocycles. The van der Waals surface area contributed by atoms with Crippen molar-refractivity contribution in [3.63, 3.8) is 0 Å². The number of rotatable bonds is 5. The minimum Gasteiger partial charge on any atom is -0.367 e. The number of carbonyl (C=O) groups excluding carboxylic acids is 3. The molecule has 14 heteroatoms. The van der Waals surface area contributed by atoms with Crippen LogP contribution < -0.4 is 16.0 Å². The molecule has 2 aromatic heterocycles. The van der Waals surface area contributed by atoms with Gasteiger partial charge in [-0.05, 0) is 38.4 Å². The second-order valence-electron chi connectivity index (χ2n) is 9.47. The van der Waals surface area contributed by atoms with Gasteiger partial charge in [-0.3, -0.25) is 14.4 Å². The Morgan fingerprint density at radius 1 is 1.16 bits per heavy atom. The first-order valence-electron chi connectivity index (χ1n) is 11.9. The normalized spacial score (nSPS) is 21.5. The maximum absolute atomic E-state index is 13.2. The number of aromatic nitrogens is 3. The summed E-state index contributed by atoms with van der Waals surface area (Å²) in [6, 6.07) is 2.25. The molecule has 37 heavy (non-hydrogen) atoms. The summed E-state index contributed by atoms with van der Waals surface area (Å²) in [5, 5.41) is 16.8. The first-order valence-corrected chi connectivity index (χ1v) is 13.5. The monoisotopic (exact) mass is 564 g/mol. The van der Waals surface area contributed by atoms with Gasteiger partial charge in [0.25, 0.3) is 11.8 Å². The molecular formula is C23H29ClN8O3S2. The van der Waals surface area contributed by atoms with Crippen molar-refractivity contribution < 1.29 is 14.4 Å². The summed E-state index contributed by atoms with van der Waals surface area (Å²) in [6.07, 6.45) is 2.37. The lowest BCUT2D eigenvalue weighted by Crippen LogP contribution is -2.57. The Balaban J connectivity index is 1.45. The summed E-state index contributed by atoms with van der Waals surface area (Å²) < 4.78 is 0. The van der Waals surface area contributed by atoms with Gasteiger partial charge in [-0.2, -0.15) is 0 Å². The van der Waals surface area contributed by atoms with E-state index in [1.54, 1.807) is 19.0 Å². The zero-order valence-electron chi connectivity index (χ0n) is 20.8. The first kappa shape index (κ1) is 27.3. The van der Waals surface area contributed by atoms with Crippen molar-refractivity contribution in [2.45, 2.75) is 44.3 Å². The van der Waals surface area contributed by atoms with E-state index in [4.69, 9.17) is 23.8 Å². The molecule has 0 aromatic carbocycles. The van der Waals surface area contributed by atoms with E-state index < -0.39 is 11.9 Å². The van der Waals surface area contributed by atoms with Crippen molar-refractivity contribution in [1.29, 1.82) is 0 Å². The Morgan fingerprint density at radius 2 is 1.95 bits per heavy atom. The molecule has 0 unspecified atom stereocenters. The first-order chi connectivity index (χ1) is 17.6. The number of amides is 3. The minimum absolute atomic E-state index is 0.00656. The third kappa shape index (κ3) is 6.78. The van der Waals surface area contributed by atoms with E-state index in [-0.39, 0.29) is 39.7 Å². The second kappa shape index (κ2) is 11.8. The van der Waals surface area contributed by atoms with Gasteiger partial charge in [0.1, 0.15) is 0 Å². The maximum Gasteiger partial charge on any atom is 0.284 e. The molecule has 1 saturated carbocycles. The average Bonchev–Trinajstić information content (AvgIpc) is 3.29. The fraction of sp³-hybridized carbons (Fsp3) is 0.522. The number of hydrogen-bond acceptors (Lipinski definition) is 9. The highest BCUT2D eigenvalue weighted by Gasteiger charge is 2.37. The zero-order chi connectivity index (χ0) is 26.7. The molecule has 4 rings (SSSR count). The minimum atomic E-state index is -0.556. The second-order valence-corrected chi connectivity index (χ2v) is 11.4. The van der Waals surface area contributed by atoms with E-state index in [0.29, 0.717) is 24.3 Å². The summed E-state index contributed by atoms with van der Waals surface area (Å²) in [5.74, 6) is -0.874. The molecule has 3 amide bonds. The maximum atomic E-state index is 13.2. The SMILES string of the molecule is CN1CCc2nc(C(=O)N[C@@H]3C[C@@H](C(=O)N(C)C)CC[C@@H]3NC(=S)C(=O)Nc3ccc(Cl)nn3)sc2C1. The quantitative estimate of drug-likeness (QED) is 0.462. The van der Waals surface area contributed by atoms with Crippen LogP contribution in [0.25, 0.3) is 0 Å². The van der Waals surface area contributed by atoms with E-state index in [9.17, 15) is 14.4 Å². The van der Waals surface area contributed by atoms with Crippen molar-refractivity contribution >= 4 is 63.7 Å². The van der Waals surface area contributed by atoms with E-state index in [2.05, 4.69) is 36.0 Å². The van der Waals surface area contributed by atoms with Crippen molar-refractivity contribution in [2.75, 3.05) is 33.0 Å². The number of carbonyl (C=O) groups is 3. The van der Waals surface area contributed by atoms with Gasteiger partial charge < -0.3 is 25.8 Å². The Labute approximate surface area is 229 Å². The molecule has 2 aromatic rings. The highest BCUT2D eigenvalue weighted by molar-refractivity contribution is 7.82. The van der Waals surface area contributed by atoms with Crippen molar-refractivity contribution in [1.82, 2.24) is 35.6 Å². The lowest BCUT2D eigenvalue weighted by molar-refractivity contribution is -0.134. The van der Waals surface area contributed by atoms with Crippen LogP contribution in [-0.2, 0) is 22.6 Å². The van der Waals surface area contributed by atoms with Crippen LogP contribution in [0.4, 0.5) is 5.82 Å². The smallest absolute Gasteiger partial charge is 0.284 e. The van der Waals surface area contributed by atoms with Gasteiger partial charge in [0, 0.05) is 50.4 Å². The van der Waals surface area contributed by atoms with Crippen molar-refractivity contribution in [3.8, 4) is 0 Å². The summed E-state index contributed by atoms with van der Waals surface area (Å²) in [5.41, 5.74) is 0.968. The third-order valence-corrected chi connectivity index (χ3v) is 8.06. The molecule has 3 atom stereocenters. The Hall–Kier alpha value is -2.74. The lowest BCUT2D eigenvalue weighted by atomic mass is 9.81. The van der Waals surface area contributed by atoms with Gasteiger partial charge in [-0.1, -0.05) is 23.8 Å². The number of nitrogens with one attached hydrogen (secondary N) is 3. The fourth-order valence-electron chi connectivity index (χ4n) is 4.53. The van der Waals surface area contributed by atoms with Crippen molar-refractivity contribution in [3.05, 3.63) is 32.9 Å². The largest absolute Gasteiger partial charge is 0.367 e. The topological polar surface area (TPSA) is 132 Å². The Bertz CT molecular complexity index is 1190. The molecule has 0 radical (unpaired) electrons. The van der Waals surface area contributed by atoms with Crippen LogP contribution in [-0.4, -0.2) is 87.5 Å². The molecule has 1 fully saturated rings. The van der Waals surface area contributed by atoms with Crippen LogP contribution in [0.5, 0.6) is 0 Å². The number of thiocarbonyl (C=S) groups is 1. The van der Waals surface area contributed by atoms with Gasteiger partial charge in [-0.15, -0.1) is 21.5 Å². The zero-order valence-corrected chi connectivity index (χ0v) is 23.2. The summed E-state index contributed by atoms with van der Waals surface area (Å²) in [4.78, 5) is 47.9. The summed E-state index contributed by atoms with van der Waals surface area (Å²) >= 11 is 12.5. The van der Waals surface area contributed by atoms with Gasteiger partial charge in [0.15, 0.2) is 21.0 Å². The van der Waals surface area contributed by atoms with Gasteiger partial charge in [-0.25, -0.2) is 4.98 Å². The van der Waals surface area contributed by atoms with E-state index in [1.807, 2.05) is 7.05 Å². The van der Waals surface area contributed by atoms with Crippen LogP contribution in [0.2, 0.25) is 5.15 Å². The molecular weight excluding hydrogens is 536 g/mol. The number of thiazole rings is 1. The highest BCUT2D eigenvalue weighted by atomic mass is 35.5. The average molecular weight is 565 g/mol. The van der Waals surface area contributed by atoms with Crippen LogP contribution in [0, 0.1) is 5.92 Å². The van der Waals surface area contributed by atoms with E-state index in [1.165, 1.54) is 23.5 Å². The molecule has 1 aliphatic carbocycles. The number of halogens is 1. The molecule has 2 aliphatic rings. The molecule has 11 nitrogen and oxygen atoms in total. The predicted octanol–water partition coefficient (Wildman–Crippen LogP) is 1.49. The number of anilines is 1. The number of hydrogen-bond donors (Lipinski definition) is 3. The lowest BCUT2D eigenvalue weighted by Gasteiger charge is -2.37. The van der Waals surface area contributed by atoms with E-state index in [0.717, 1.165) is 30.1 Å². The van der Waals surface area contributed by atoms with Gasteiger partial charge >= 0.3 is 0 Å². The number of fused-ring (bicyclic) bond motifs is 1. The van der Waals surface area contributed by atoms with Crippen LogP contribution in [0.15, 0.2) is 12.1 Å². The summed E-state index contributed by atoms with van der Waals surface area (Å²) in [6.45, 7) is 1.68. The van der Waals surface area contributed by atoms with Crippen LogP contribution >= 0.6 is 35.2 Å². The number of likely N-dealkylation sites (N-methyl/N-ethyl adjacent to an activating group) is 1. The summed E-state index contributed by atoms with van der Waals surface area (Å²) in [7, 11) is 5.48. The van der Waals surface area contributed by atoms with Gasteiger partial charge in [0.2, 0.25) is 5.91 Å². The Morgan fingerprint density at radius 3 is 2.65 bits per heavy atom. The highest BCUT2D eigenvalue weighted by Crippen LogP contribution is 2.28. The molecule has 198 valence electrons. The Kier molecular flexibility index (Phi) is 8.67. The van der Waals surface area contributed by atoms with Crippen LogP contribution in [0.1, 0.15) is 39.6 Å². The van der Waals surface area contributed by atoms with Crippen molar-refractivity contribution in [2.24, 2.45) is 5.92 Å². The number of nitrogens with zero attached hydrogens (tertiary/aromatic N) is 5. The molecule has 0 bridgehead atoms. The third-order valence-electron chi connectivity index (χ3n) is 6.47. The molecule has 1 aliphatic heterocycles.